The molecule has 5 unspecified atom stereocenters. The lowest BCUT2D eigenvalue weighted by atomic mass is 9.43. The Balaban J connectivity index is 1.57. The summed E-state index contributed by atoms with van der Waals surface area (Å²) in [5.74, 6) is -0.158. The quantitative estimate of drug-likeness (QED) is 0.663. The van der Waals surface area contributed by atoms with Crippen molar-refractivity contribution in [3.63, 3.8) is 0 Å². The summed E-state index contributed by atoms with van der Waals surface area (Å²) >= 11 is 0. The van der Waals surface area contributed by atoms with E-state index < -0.39 is 11.6 Å². The monoisotopic (exact) mass is 430 g/mol. The van der Waals surface area contributed by atoms with Crippen molar-refractivity contribution in [2.24, 2.45) is 46.3 Å². The molecule has 2 N–H and O–H groups in total. The molecule has 0 saturated heterocycles. The van der Waals surface area contributed by atoms with Crippen LogP contribution in [0.1, 0.15) is 65.2 Å². The summed E-state index contributed by atoms with van der Waals surface area (Å²) in [6, 6.07) is 0. The fraction of sp³-hybridized carbons (Fsp3) is 0.800. The van der Waals surface area contributed by atoms with Gasteiger partial charge in [-0.05, 0) is 79.6 Å². The minimum atomic E-state index is -0.980. The topological polar surface area (TPSA) is 101 Å². The third-order valence-electron chi connectivity index (χ3n) is 10.4. The maximum absolute atomic E-state index is 13.0. The molecule has 0 bridgehead atoms. The van der Waals surface area contributed by atoms with Crippen LogP contribution in [0, 0.1) is 46.3 Å². The van der Waals surface area contributed by atoms with Crippen LogP contribution < -0.4 is 0 Å². The molecule has 4 fully saturated rings. The highest BCUT2D eigenvalue weighted by molar-refractivity contribution is 5.92. The molecule has 5 rings (SSSR count). The molecule has 170 valence electrons. The number of carboxylic acid groups (broad SMARTS) is 1. The van der Waals surface area contributed by atoms with Gasteiger partial charge in [-0.2, -0.15) is 0 Å². The third kappa shape index (κ3) is 2.69. The van der Waals surface area contributed by atoms with Gasteiger partial charge in [0.15, 0.2) is 5.78 Å². The molecule has 0 aliphatic heterocycles. The maximum atomic E-state index is 13.0. The number of allylic oxidation sites excluding steroid dienone is 1. The summed E-state index contributed by atoms with van der Waals surface area (Å²) in [5.41, 5.74) is -0.343. The molecule has 0 aromatic rings. The first-order valence-electron chi connectivity index (χ1n) is 11.8. The molecule has 6 heteroatoms. The molecular weight excluding hydrogens is 396 g/mol. The van der Waals surface area contributed by atoms with Gasteiger partial charge in [-0.1, -0.05) is 19.4 Å². The molecular formula is C25H34O6. The average Bonchev–Trinajstić information content (AvgIpc) is 3.48. The van der Waals surface area contributed by atoms with E-state index in [4.69, 9.17) is 4.74 Å². The van der Waals surface area contributed by atoms with Gasteiger partial charge < -0.3 is 14.9 Å². The number of methoxy groups -OCH3 is 1. The molecule has 0 spiro atoms. The largest absolute Gasteiger partial charge is 0.481 e. The van der Waals surface area contributed by atoms with Gasteiger partial charge in [0.2, 0.25) is 0 Å². The first-order chi connectivity index (χ1) is 14.6. The van der Waals surface area contributed by atoms with E-state index in [2.05, 4.69) is 13.8 Å². The number of ketones is 1. The van der Waals surface area contributed by atoms with E-state index in [1.807, 2.05) is 0 Å². The molecule has 0 aromatic heterocycles. The van der Waals surface area contributed by atoms with Crippen LogP contribution in [0.3, 0.4) is 0 Å². The average molecular weight is 431 g/mol. The highest BCUT2D eigenvalue weighted by atomic mass is 16.5. The van der Waals surface area contributed by atoms with Gasteiger partial charge in [-0.15, -0.1) is 0 Å². The highest BCUT2D eigenvalue weighted by Crippen LogP contribution is 2.78. The number of ether oxygens (including phenoxy) is 1. The third-order valence-corrected chi connectivity index (χ3v) is 10.4. The zero-order valence-corrected chi connectivity index (χ0v) is 18.7. The van der Waals surface area contributed by atoms with Crippen LogP contribution in [-0.2, 0) is 19.1 Å². The van der Waals surface area contributed by atoms with Crippen LogP contribution in [0.15, 0.2) is 11.6 Å². The number of carboxylic acids is 1. The van der Waals surface area contributed by atoms with Crippen LogP contribution >= 0.6 is 0 Å². The van der Waals surface area contributed by atoms with E-state index in [1.54, 1.807) is 6.08 Å². The van der Waals surface area contributed by atoms with Gasteiger partial charge in [0.25, 0.3) is 0 Å². The van der Waals surface area contributed by atoms with Gasteiger partial charge in [0.1, 0.15) is 0 Å². The molecule has 6 nitrogen and oxygen atoms in total. The molecule has 31 heavy (non-hydrogen) atoms. The Morgan fingerprint density at radius 3 is 2.65 bits per heavy atom. The lowest BCUT2D eigenvalue weighted by Crippen LogP contribution is -2.59. The van der Waals surface area contributed by atoms with Crippen LogP contribution in [0.4, 0.5) is 0 Å². The lowest BCUT2D eigenvalue weighted by Gasteiger charge is -2.61. The Hall–Kier alpha value is -1.69. The smallest absolute Gasteiger partial charge is 0.309 e. The van der Waals surface area contributed by atoms with Gasteiger partial charge >= 0.3 is 11.9 Å². The van der Waals surface area contributed by atoms with Gasteiger partial charge in [-0.25, -0.2) is 0 Å². The lowest BCUT2D eigenvalue weighted by molar-refractivity contribution is -0.177. The normalized spacial score (nSPS) is 49.8. The Kier molecular flexibility index (Phi) is 4.55. The Morgan fingerprint density at radius 2 is 1.97 bits per heavy atom. The van der Waals surface area contributed by atoms with Crippen LogP contribution in [0.5, 0.6) is 0 Å². The predicted molar refractivity (Wildman–Crippen MR) is 112 cm³/mol. The molecule has 0 heterocycles. The van der Waals surface area contributed by atoms with E-state index >= 15 is 0 Å². The summed E-state index contributed by atoms with van der Waals surface area (Å²) in [6.07, 6.45) is 6.65. The van der Waals surface area contributed by atoms with Crippen molar-refractivity contribution in [3.8, 4) is 0 Å². The van der Waals surface area contributed by atoms with Crippen LogP contribution in [0.2, 0.25) is 0 Å². The van der Waals surface area contributed by atoms with Gasteiger partial charge in [0, 0.05) is 18.3 Å². The second kappa shape index (κ2) is 6.66. The molecule has 0 aromatic carbocycles. The maximum Gasteiger partial charge on any atom is 0.309 e. The first kappa shape index (κ1) is 21.2. The van der Waals surface area contributed by atoms with Crippen molar-refractivity contribution >= 4 is 17.7 Å². The summed E-state index contributed by atoms with van der Waals surface area (Å²) < 4.78 is 5.25. The van der Waals surface area contributed by atoms with Crippen LogP contribution in [0.25, 0.3) is 0 Å². The van der Waals surface area contributed by atoms with E-state index in [-0.39, 0.29) is 65.0 Å². The molecule has 5 aliphatic carbocycles. The van der Waals surface area contributed by atoms with Crippen molar-refractivity contribution in [2.45, 2.75) is 70.8 Å². The van der Waals surface area contributed by atoms with Crippen molar-refractivity contribution < 1.29 is 29.3 Å². The zero-order valence-electron chi connectivity index (χ0n) is 18.7. The van der Waals surface area contributed by atoms with E-state index in [0.29, 0.717) is 18.8 Å². The fourth-order valence-corrected chi connectivity index (χ4v) is 8.83. The summed E-state index contributed by atoms with van der Waals surface area (Å²) in [5, 5.41) is 21.2. The first-order valence-corrected chi connectivity index (χ1v) is 11.8. The minimum absolute atomic E-state index is 0.0245. The molecule has 9 atom stereocenters. The number of hydrogen-bond acceptors (Lipinski definition) is 5. The number of esters is 1. The summed E-state index contributed by atoms with van der Waals surface area (Å²) in [7, 11) is 1.44. The van der Waals surface area contributed by atoms with E-state index in [1.165, 1.54) is 7.11 Å². The summed E-state index contributed by atoms with van der Waals surface area (Å²) in [4.78, 5) is 36.5. The number of carbonyl (C=O) groups excluding carboxylic acids is 2. The number of aliphatic carboxylic acids is 1. The van der Waals surface area contributed by atoms with E-state index in [0.717, 1.165) is 31.3 Å². The van der Waals surface area contributed by atoms with Crippen molar-refractivity contribution in [1.82, 2.24) is 0 Å². The molecule has 0 radical (unpaired) electrons. The van der Waals surface area contributed by atoms with Gasteiger partial charge in [-0.3, -0.25) is 14.4 Å². The second-order valence-corrected chi connectivity index (χ2v) is 11.4. The molecule has 4 saturated carbocycles. The standard InChI is InChI=1S/C25H34O6/c1-23-7-4-14(26)10-13(23)11-16(22(29)31-3)20-17(23)5-8-24(2)21(20)15-12-18(15)25(24,30)9-6-19(27)28/h10,15-18,20-21,30H,4-9,11-12H2,1-3H3,(H,27,28)/t15?,16?,17?,18-,20?,21?,23+,24+,25+/m1/s1. The second-order valence-electron chi connectivity index (χ2n) is 11.4. The number of fused-ring (bicyclic) bond motifs is 7. The van der Waals surface area contributed by atoms with E-state index in [9.17, 15) is 24.6 Å². The predicted octanol–water partition coefficient (Wildman–Crippen LogP) is 3.37. The number of carbonyl (C=O) groups is 3. The SMILES string of the molecule is COC(=O)C1CC2=CC(=O)CC[C@]2(C)C2CC[C@@]3(C)C(C12)C1C[C@H]1[C@@]3(O)CCC(=O)O. The van der Waals surface area contributed by atoms with Crippen LogP contribution in [-0.4, -0.2) is 40.6 Å². The Labute approximate surface area is 183 Å². The molecule has 0 amide bonds. The Morgan fingerprint density at radius 1 is 1.23 bits per heavy atom. The number of hydrogen-bond donors (Lipinski definition) is 2. The number of rotatable bonds is 4. The van der Waals surface area contributed by atoms with Crippen molar-refractivity contribution in [1.29, 1.82) is 0 Å². The minimum Gasteiger partial charge on any atom is -0.481 e. The summed E-state index contributed by atoms with van der Waals surface area (Å²) in [6.45, 7) is 4.42. The Bertz CT molecular complexity index is 877. The van der Waals surface area contributed by atoms with Gasteiger partial charge in [0.05, 0.1) is 18.6 Å². The van der Waals surface area contributed by atoms with Crippen molar-refractivity contribution in [3.05, 3.63) is 11.6 Å². The number of aliphatic hydroxyl groups is 1. The zero-order chi connectivity index (χ0) is 22.3. The highest BCUT2D eigenvalue weighted by Gasteiger charge is 2.77. The fourth-order valence-electron chi connectivity index (χ4n) is 8.83. The van der Waals surface area contributed by atoms with Crippen molar-refractivity contribution in [2.75, 3.05) is 7.11 Å². The molecule has 5 aliphatic rings.